The standard InChI is InChI=1S/C22H23ClN4O2/c23-19-8-6-17(7-9-19)21-25-20(29-26-21)14-24-22(28)18-10-12-27(13-11-18)15-16-4-2-1-3-5-16/h1-9,18H,10-15H2,(H,24,28). The van der Waals surface area contributed by atoms with Gasteiger partial charge in [0.25, 0.3) is 0 Å². The molecule has 29 heavy (non-hydrogen) atoms. The van der Waals surface area contributed by atoms with Crippen molar-refractivity contribution in [1.82, 2.24) is 20.4 Å². The zero-order valence-corrected chi connectivity index (χ0v) is 16.8. The van der Waals surface area contributed by atoms with Crippen LogP contribution in [0.25, 0.3) is 11.4 Å². The van der Waals surface area contributed by atoms with Crippen molar-refractivity contribution in [3.8, 4) is 11.4 Å². The molecule has 0 spiro atoms. The molecule has 1 aliphatic heterocycles. The lowest BCUT2D eigenvalue weighted by Gasteiger charge is -2.31. The third-order valence-corrected chi connectivity index (χ3v) is 5.44. The van der Waals surface area contributed by atoms with Crippen LogP contribution in [-0.4, -0.2) is 34.0 Å². The van der Waals surface area contributed by atoms with E-state index in [-0.39, 0.29) is 18.4 Å². The van der Waals surface area contributed by atoms with Crippen LogP contribution in [0.2, 0.25) is 5.02 Å². The van der Waals surface area contributed by atoms with Crippen LogP contribution in [0.4, 0.5) is 0 Å². The van der Waals surface area contributed by atoms with Crippen molar-refractivity contribution in [2.75, 3.05) is 13.1 Å². The van der Waals surface area contributed by atoms with E-state index in [4.69, 9.17) is 16.1 Å². The van der Waals surface area contributed by atoms with Gasteiger partial charge in [-0.1, -0.05) is 47.1 Å². The maximum Gasteiger partial charge on any atom is 0.246 e. The number of likely N-dealkylation sites (tertiary alicyclic amines) is 1. The molecule has 2 aromatic carbocycles. The highest BCUT2D eigenvalue weighted by Crippen LogP contribution is 2.20. The van der Waals surface area contributed by atoms with Crippen LogP contribution in [0, 0.1) is 5.92 Å². The summed E-state index contributed by atoms with van der Waals surface area (Å²) in [5, 5.41) is 7.55. The Morgan fingerprint density at radius 1 is 1.10 bits per heavy atom. The van der Waals surface area contributed by atoms with Gasteiger partial charge in [-0.3, -0.25) is 9.69 Å². The number of nitrogens with one attached hydrogen (secondary N) is 1. The molecule has 1 aliphatic rings. The molecule has 150 valence electrons. The average molecular weight is 411 g/mol. The minimum atomic E-state index is 0.0284. The minimum absolute atomic E-state index is 0.0284. The second kappa shape index (κ2) is 9.20. The Hall–Kier alpha value is -2.70. The summed E-state index contributed by atoms with van der Waals surface area (Å²) in [5.41, 5.74) is 2.13. The number of rotatable bonds is 6. The average Bonchev–Trinajstić information content (AvgIpc) is 3.23. The van der Waals surface area contributed by atoms with Crippen molar-refractivity contribution in [3.05, 3.63) is 71.1 Å². The van der Waals surface area contributed by atoms with Gasteiger partial charge in [-0.25, -0.2) is 0 Å². The van der Waals surface area contributed by atoms with Crippen LogP contribution in [0.15, 0.2) is 59.1 Å². The van der Waals surface area contributed by atoms with Gasteiger partial charge in [-0.05, 0) is 55.8 Å². The second-order valence-corrected chi connectivity index (χ2v) is 7.71. The topological polar surface area (TPSA) is 71.3 Å². The van der Waals surface area contributed by atoms with Gasteiger partial charge < -0.3 is 9.84 Å². The van der Waals surface area contributed by atoms with Crippen molar-refractivity contribution in [2.24, 2.45) is 5.92 Å². The van der Waals surface area contributed by atoms with Crippen LogP contribution in [0.1, 0.15) is 24.3 Å². The first-order valence-corrected chi connectivity index (χ1v) is 10.2. The molecule has 1 saturated heterocycles. The van der Waals surface area contributed by atoms with E-state index in [1.807, 2.05) is 18.2 Å². The summed E-state index contributed by atoms with van der Waals surface area (Å²) in [6, 6.07) is 17.6. The molecule has 0 bridgehead atoms. The van der Waals surface area contributed by atoms with E-state index in [2.05, 4.69) is 44.6 Å². The number of aromatic nitrogens is 2. The van der Waals surface area contributed by atoms with Crippen molar-refractivity contribution >= 4 is 17.5 Å². The zero-order chi connectivity index (χ0) is 20.1. The van der Waals surface area contributed by atoms with Gasteiger partial charge in [0.2, 0.25) is 17.6 Å². The number of piperidine rings is 1. The zero-order valence-electron chi connectivity index (χ0n) is 16.1. The number of carbonyl (C=O) groups excluding carboxylic acids is 1. The maximum absolute atomic E-state index is 12.5. The number of nitrogens with zero attached hydrogens (tertiary/aromatic N) is 3. The lowest BCUT2D eigenvalue weighted by atomic mass is 9.95. The molecule has 1 amide bonds. The van der Waals surface area contributed by atoms with Crippen LogP contribution >= 0.6 is 11.6 Å². The Labute approximate surface area is 174 Å². The number of carbonyl (C=O) groups is 1. The van der Waals surface area contributed by atoms with Crippen molar-refractivity contribution in [1.29, 1.82) is 0 Å². The van der Waals surface area contributed by atoms with E-state index in [0.717, 1.165) is 38.0 Å². The summed E-state index contributed by atoms with van der Waals surface area (Å²) < 4.78 is 5.25. The van der Waals surface area contributed by atoms with Gasteiger partial charge >= 0.3 is 0 Å². The highest BCUT2D eigenvalue weighted by atomic mass is 35.5. The molecular weight excluding hydrogens is 388 g/mol. The molecule has 2 heterocycles. The third-order valence-electron chi connectivity index (χ3n) is 5.19. The van der Waals surface area contributed by atoms with E-state index >= 15 is 0 Å². The summed E-state index contributed by atoms with van der Waals surface area (Å²) in [6.45, 7) is 3.02. The monoisotopic (exact) mass is 410 g/mol. The Morgan fingerprint density at radius 2 is 1.83 bits per heavy atom. The summed E-state index contributed by atoms with van der Waals surface area (Å²) in [5.74, 6) is 0.959. The van der Waals surface area contributed by atoms with Crippen LogP contribution < -0.4 is 5.32 Å². The normalized spacial score (nSPS) is 15.3. The molecule has 1 N–H and O–H groups in total. The molecule has 0 atom stereocenters. The Balaban J connectivity index is 1.24. The molecule has 1 fully saturated rings. The molecular formula is C22H23ClN4O2. The largest absolute Gasteiger partial charge is 0.347 e. The van der Waals surface area contributed by atoms with Gasteiger partial charge in [-0.2, -0.15) is 4.98 Å². The molecule has 7 heteroatoms. The molecule has 0 radical (unpaired) electrons. The molecule has 1 aromatic heterocycles. The lowest BCUT2D eigenvalue weighted by molar-refractivity contribution is -0.126. The smallest absolute Gasteiger partial charge is 0.246 e. The van der Waals surface area contributed by atoms with Gasteiger partial charge in [-0.15, -0.1) is 0 Å². The van der Waals surface area contributed by atoms with Gasteiger partial charge in [0.15, 0.2) is 0 Å². The number of benzene rings is 2. The Kier molecular flexibility index (Phi) is 6.22. The van der Waals surface area contributed by atoms with E-state index < -0.39 is 0 Å². The van der Waals surface area contributed by atoms with E-state index in [1.165, 1.54) is 5.56 Å². The first-order valence-electron chi connectivity index (χ1n) is 9.80. The summed E-state index contributed by atoms with van der Waals surface area (Å²) in [7, 11) is 0. The molecule has 4 rings (SSSR count). The van der Waals surface area contributed by atoms with Gasteiger partial charge in [0.1, 0.15) is 0 Å². The van der Waals surface area contributed by atoms with E-state index in [9.17, 15) is 4.79 Å². The molecule has 0 aliphatic carbocycles. The van der Waals surface area contributed by atoms with Crippen molar-refractivity contribution in [2.45, 2.75) is 25.9 Å². The van der Waals surface area contributed by atoms with Crippen molar-refractivity contribution in [3.63, 3.8) is 0 Å². The van der Waals surface area contributed by atoms with E-state index in [1.54, 1.807) is 12.1 Å². The lowest BCUT2D eigenvalue weighted by Crippen LogP contribution is -2.40. The third kappa shape index (κ3) is 5.22. The highest BCUT2D eigenvalue weighted by molar-refractivity contribution is 6.30. The number of amides is 1. The Bertz CT molecular complexity index is 935. The first kappa shape index (κ1) is 19.6. The van der Waals surface area contributed by atoms with Crippen LogP contribution in [-0.2, 0) is 17.9 Å². The fourth-order valence-corrected chi connectivity index (χ4v) is 3.67. The minimum Gasteiger partial charge on any atom is -0.347 e. The molecule has 0 saturated carbocycles. The van der Waals surface area contributed by atoms with Crippen LogP contribution in [0.5, 0.6) is 0 Å². The molecule has 6 nitrogen and oxygen atoms in total. The number of halogens is 1. The summed E-state index contributed by atoms with van der Waals surface area (Å²) >= 11 is 5.90. The van der Waals surface area contributed by atoms with Crippen LogP contribution in [0.3, 0.4) is 0 Å². The van der Waals surface area contributed by atoms with E-state index in [0.29, 0.717) is 16.7 Å². The molecule has 0 unspecified atom stereocenters. The quantitative estimate of drug-likeness (QED) is 0.666. The molecule has 3 aromatic rings. The summed E-state index contributed by atoms with van der Waals surface area (Å²) in [6.07, 6.45) is 1.72. The van der Waals surface area contributed by atoms with Gasteiger partial charge in [0, 0.05) is 23.0 Å². The van der Waals surface area contributed by atoms with Crippen molar-refractivity contribution < 1.29 is 9.32 Å². The van der Waals surface area contributed by atoms with Gasteiger partial charge in [0.05, 0.1) is 6.54 Å². The fraction of sp³-hybridized carbons (Fsp3) is 0.318. The predicted molar refractivity (Wildman–Crippen MR) is 111 cm³/mol. The predicted octanol–water partition coefficient (Wildman–Crippen LogP) is 3.92. The maximum atomic E-state index is 12.5. The Morgan fingerprint density at radius 3 is 2.55 bits per heavy atom. The SMILES string of the molecule is O=C(NCc1nc(-c2ccc(Cl)cc2)no1)C1CCN(Cc2ccccc2)CC1. The summed E-state index contributed by atoms with van der Waals surface area (Å²) in [4.78, 5) is 19.3. The highest BCUT2D eigenvalue weighted by Gasteiger charge is 2.25. The number of hydrogen-bond acceptors (Lipinski definition) is 5. The second-order valence-electron chi connectivity index (χ2n) is 7.27. The fourth-order valence-electron chi connectivity index (χ4n) is 3.54. The first-order chi connectivity index (χ1) is 14.2. The number of hydrogen-bond donors (Lipinski definition) is 1.